The zero-order valence-electron chi connectivity index (χ0n) is 13.8. The smallest absolute Gasteiger partial charge is 0.275 e. The third-order valence-electron chi connectivity index (χ3n) is 3.93. The van der Waals surface area contributed by atoms with E-state index in [9.17, 15) is 20.0 Å². The van der Waals surface area contributed by atoms with E-state index in [1.165, 1.54) is 18.2 Å². The van der Waals surface area contributed by atoms with Gasteiger partial charge in [0.05, 0.1) is 16.2 Å². The Morgan fingerprint density at radius 3 is 2.31 bits per heavy atom. The number of rotatable bonds is 4. The van der Waals surface area contributed by atoms with Crippen LogP contribution >= 0.6 is 0 Å². The van der Waals surface area contributed by atoms with Crippen LogP contribution in [0.3, 0.4) is 0 Å². The fourth-order valence-corrected chi connectivity index (χ4v) is 2.49. The molecule has 7 heteroatoms. The van der Waals surface area contributed by atoms with E-state index in [4.69, 9.17) is 0 Å². The molecule has 3 aromatic rings. The van der Waals surface area contributed by atoms with Crippen LogP contribution in [0, 0.1) is 10.1 Å². The predicted molar refractivity (Wildman–Crippen MR) is 98.4 cm³/mol. The minimum absolute atomic E-state index is 0.0216. The van der Waals surface area contributed by atoms with Gasteiger partial charge in [0.2, 0.25) is 0 Å². The molecule has 0 aliphatic rings. The quantitative estimate of drug-likeness (QED) is 0.426. The summed E-state index contributed by atoms with van der Waals surface area (Å²) in [5.41, 5.74) is 3.61. The number of non-ortho nitro benzene ring substituents is 1. The van der Waals surface area contributed by atoms with Gasteiger partial charge in [-0.1, -0.05) is 24.3 Å². The lowest BCUT2D eigenvalue weighted by atomic mass is 10.1. The van der Waals surface area contributed by atoms with Crippen LogP contribution in [0.2, 0.25) is 0 Å². The Morgan fingerprint density at radius 1 is 1.08 bits per heavy atom. The van der Waals surface area contributed by atoms with Crippen LogP contribution in [0.4, 0.5) is 5.69 Å². The van der Waals surface area contributed by atoms with Crippen LogP contribution in [-0.2, 0) is 0 Å². The van der Waals surface area contributed by atoms with E-state index in [1.807, 2.05) is 24.3 Å². The summed E-state index contributed by atoms with van der Waals surface area (Å²) < 4.78 is 0. The number of aromatic hydroxyl groups is 1. The normalized spacial score (nSPS) is 11.3. The van der Waals surface area contributed by atoms with E-state index < -0.39 is 10.8 Å². The fraction of sp³-hybridized carbons (Fsp3) is 0.0526. The van der Waals surface area contributed by atoms with Gasteiger partial charge in [-0.05, 0) is 47.5 Å². The van der Waals surface area contributed by atoms with Crippen molar-refractivity contribution in [2.24, 2.45) is 5.10 Å². The molecular weight excluding hydrogens is 334 g/mol. The van der Waals surface area contributed by atoms with E-state index in [0.717, 1.165) is 10.8 Å². The Bertz CT molecular complexity index is 1030. The minimum Gasteiger partial charge on any atom is -0.507 e. The van der Waals surface area contributed by atoms with Crippen molar-refractivity contribution in [3.05, 3.63) is 81.9 Å². The molecule has 0 heterocycles. The summed E-state index contributed by atoms with van der Waals surface area (Å²) in [5, 5.41) is 26.4. The summed E-state index contributed by atoms with van der Waals surface area (Å²) in [5.74, 6) is -0.682. The Hall–Kier alpha value is -3.74. The number of carbonyl (C=O) groups is 1. The van der Waals surface area contributed by atoms with Gasteiger partial charge >= 0.3 is 0 Å². The Kier molecular flexibility index (Phi) is 4.62. The van der Waals surface area contributed by atoms with Crippen LogP contribution in [0.1, 0.15) is 22.8 Å². The molecule has 0 fully saturated rings. The summed E-state index contributed by atoms with van der Waals surface area (Å²) in [4.78, 5) is 22.5. The summed E-state index contributed by atoms with van der Waals surface area (Å²) in [6.07, 6.45) is 0. The van der Waals surface area contributed by atoms with Gasteiger partial charge in [0, 0.05) is 12.1 Å². The predicted octanol–water partition coefficient (Wildman–Crippen LogP) is 3.61. The first-order valence-corrected chi connectivity index (χ1v) is 7.77. The van der Waals surface area contributed by atoms with Gasteiger partial charge in [-0.3, -0.25) is 14.9 Å². The molecule has 3 rings (SSSR count). The molecule has 0 bridgehead atoms. The SMILES string of the molecule is C/C(=N\NC(=O)c1cc2ccccc2cc1O)c1ccc([N+](=O)[O-])cc1. The molecule has 0 atom stereocenters. The van der Waals surface area contributed by atoms with E-state index in [0.29, 0.717) is 11.3 Å². The first-order valence-electron chi connectivity index (χ1n) is 7.77. The van der Waals surface area contributed by atoms with Crippen LogP contribution in [0.5, 0.6) is 5.75 Å². The molecule has 0 radical (unpaired) electrons. The number of phenols is 1. The number of amides is 1. The van der Waals surface area contributed by atoms with Crippen molar-refractivity contribution in [1.82, 2.24) is 5.43 Å². The van der Waals surface area contributed by atoms with E-state index in [2.05, 4.69) is 10.5 Å². The van der Waals surface area contributed by atoms with Gasteiger partial charge < -0.3 is 5.11 Å². The first kappa shape index (κ1) is 17.1. The highest BCUT2D eigenvalue weighted by Gasteiger charge is 2.12. The second-order valence-corrected chi connectivity index (χ2v) is 5.66. The molecule has 0 aromatic heterocycles. The van der Waals surface area contributed by atoms with Crippen molar-refractivity contribution in [2.45, 2.75) is 6.92 Å². The van der Waals surface area contributed by atoms with E-state index in [1.54, 1.807) is 25.1 Å². The average molecular weight is 349 g/mol. The van der Waals surface area contributed by atoms with Crippen LogP contribution in [0.25, 0.3) is 10.8 Å². The summed E-state index contributed by atoms with van der Waals surface area (Å²) in [6.45, 7) is 1.67. The summed E-state index contributed by atoms with van der Waals surface area (Å²) in [7, 11) is 0. The highest BCUT2D eigenvalue weighted by atomic mass is 16.6. The van der Waals surface area contributed by atoms with Crippen molar-refractivity contribution in [1.29, 1.82) is 0 Å². The van der Waals surface area contributed by atoms with Gasteiger partial charge in [-0.15, -0.1) is 0 Å². The summed E-state index contributed by atoms with van der Waals surface area (Å²) >= 11 is 0. The lowest BCUT2D eigenvalue weighted by Crippen LogP contribution is -2.19. The molecule has 0 unspecified atom stereocenters. The fourth-order valence-electron chi connectivity index (χ4n) is 2.49. The standard InChI is InChI=1S/C19H15N3O4/c1-12(13-6-8-16(9-7-13)22(25)26)20-21-19(24)17-10-14-4-2-3-5-15(14)11-18(17)23/h2-11,23H,1H3,(H,21,24)/b20-12+. The molecule has 7 nitrogen and oxygen atoms in total. The molecule has 26 heavy (non-hydrogen) atoms. The van der Waals surface area contributed by atoms with Crippen LogP contribution < -0.4 is 5.43 Å². The summed E-state index contributed by atoms with van der Waals surface area (Å²) in [6, 6.07) is 16.3. The third kappa shape index (κ3) is 3.51. The van der Waals surface area contributed by atoms with Crippen molar-refractivity contribution < 1.29 is 14.8 Å². The molecule has 0 saturated heterocycles. The lowest BCUT2D eigenvalue weighted by Gasteiger charge is -2.07. The molecule has 0 saturated carbocycles. The molecule has 0 aliphatic heterocycles. The number of nitrogens with one attached hydrogen (secondary N) is 1. The topological polar surface area (TPSA) is 105 Å². The molecule has 0 aliphatic carbocycles. The number of nitrogens with zero attached hydrogens (tertiary/aromatic N) is 2. The lowest BCUT2D eigenvalue weighted by molar-refractivity contribution is -0.384. The number of hydrazone groups is 1. The molecule has 0 spiro atoms. The number of hydrogen-bond donors (Lipinski definition) is 2. The number of fused-ring (bicyclic) bond motifs is 1. The van der Waals surface area contributed by atoms with Crippen LogP contribution in [0.15, 0.2) is 65.8 Å². The maximum atomic E-state index is 12.3. The van der Waals surface area contributed by atoms with Gasteiger partial charge in [0.1, 0.15) is 5.75 Å². The molecule has 3 aromatic carbocycles. The first-order chi connectivity index (χ1) is 12.5. The number of hydrogen-bond acceptors (Lipinski definition) is 5. The van der Waals surface area contributed by atoms with Crippen molar-refractivity contribution >= 4 is 28.1 Å². The maximum absolute atomic E-state index is 12.3. The van der Waals surface area contributed by atoms with Crippen molar-refractivity contribution in [3.63, 3.8) is 0 Å². The van der Waals surface area contributed by atoms with Gasteiger partial charge in [0.15, 0.2) is 0 Å². The number of carbonyl (C=O) groups excluding carboxylic acids is 1. The van der Waals surface area contributed by atoms with Crippen molar-refractivity contribution in [3.8, 4) is 5.75 Å². The Balaban J connectivity index is 1.80. The Morgan fingerprint density at radius 2 is 1.69 bits per heavy atom. The largest absolute Gasteiger partial charge is 0.507 e. The van der Waals surface area contributed by atoms with Gasteiger partial charge in [-0.25, -0.2) is 5.43 Å². The number of benzene rings is 3. The number of nitro benzene ring substituents is 1. The second kappa shape index (κ2) is 7.02. The average Bonchev–Trinajstić information content (AvgIpc) is 2.65. The van der Waals surface area contributed by atoms with Crippen LogP contribution in [-0.4, -0.2) is 21.6 Å². The number of phenolic OH excluding ortho intramolecular Hbond substituents is 1. The highest BCUT2D eigenvalue weighted by Crippen LogP contribution is 2.24. The molecule has 130 valence electrons. The highest BCUT2D eigenvalue weighted by molar-refractivity contribution is 6.03. The van der Waals surface area contributed by atoms with E-state index in [-0.39, 0.29) is 17.0 Å². The Labute approximate surface area is 148 Å². The van der Waals surface area contributed by atoms with Crippen molar-refractivity contribution in [2.75, 3.05) is 0 Å². The number of nitro groups is 1. The zero-order chi connectivity index (χ0) is 18.7. The molecule has 1 amide bonds. The second-order valence-electron chi connectivity index (χ2n) is 5.66. The van der Waals surface area contributed by atoms with Gasteiger partial charge in [-0.2, -0.15) is 5.10 Å². The molecular formula is C19H15N3O4. The maximum Gasteiger partial charge on any atom is 0.275 e. The van der Waals surface area contributed by atoms with Gasteiger partial charge in [0.25, 0.3) is 11.6 Å². The minimum atomic E-state index is -0.547. The monoisotopic (exact) mass is 349 g/mol. The van der Waals surface area contributed by atoms with E-state index >= 15 is 0 Å². The third-order valence-corrected chi connectivity index (χ3v) is 3.93. The molecule has 2 N–H and O–H groups in total. The zero-order valence-corrected chi connectivity index (χ0v) is 13.8.